The summed E-state index contributed by atoms with van der Waals surface area (Å²) in [5.74, 6) is 1.41. The molecule has 1 atom stereocenters. The number of ether oxygens (including phenoxy) is 3. The lowest BCUT2D eigenvalue weighted by molar-refractivity contribution is 0.121. The van der Waals surface area contributed by atoms with E-state index in [9.17, 15) is 4.79 Å². The molecular formula is C22H30N2O4. The van der Waals surface area contributed by atoms with Crippen LogP contribution in [0.3, 0.4) is 0 Å². The second-order valence-corrected chi connectivity index (χ2v) is 6.48. The molecule has 0 heterocycles. The Morgan fingerprint density at radius 1 is 1.07 bits per heavy atom. The van der Waals surface area contributed by atoms with Crippen molar-refractivity contribution in [3.63, 3.8) is 0 Å². The van der Waals surface area contributed by atoms with Gasteiger partial charge in [-0.2, -0.15) is 0 Å². The summed E-state index contributed by atoms with van der Waals surface area (Å²) in [7, 11) is 3.22. The van der Waals surface area contributed by atoms with Crippen molar-refractivity contribution >= 4 is 6.03 Å². The molecule has 6 nitrogen and oxygen atoms in total. The zero-order valence-corrected chi connectivity index (χ0v) is 17.1. The molecule has 0 spiro atoms. The number of urea groups is 1. The van der Waals surface area contributed by atoms with Gasteiger partial charge in [-0.3, -0.25) is 0 Å². The van der Waals surface area contributed by atoms with Crippen LogP contribution < -0.4 is 20.1 Å². The van der Waals surface area contributed by atoms with E-state index in [0.717, 1.165) is 29.7 Å². The van der Waals surface area contributed by atoms with E-state index in [0.29, 0.717) is 24.7 Å². The van der Waals surface area contributed by atoms with E-state index < -0.39 is 0 Å². The summed E-state index contributed by atoms with van der Waals surface area (Å²) in [5, 5.41) is 5.87. The van der Waals surface area contributed by atoms with Crippen LogP contribution in [-0.2, 0) is 17.9 Å². The predicted molar refractivity (Wildman–Crippen MR) is 110 cm³/mol. The first-order chi connectivity index (χ1) is 13.6. The average Bonchev–Trinajstić information content (AvgIpc) is 2.72. The molecule has 0 bridgehead atoms. The summed E-state index contributed by atoms with van der Waals surface area (Å²) >= 11 is 0. The monoisotopic (exact) mass is 386 g/mol. The molecule has 2 aromatic rings. The lowest BCUT2D eigenvalue weighted by atomic mass is 10.1. The van der Waals surface area contributed by atoms with Crippen molar-refractivity contribution in [3.8, 4) is 11.5 Å². The first kappa shape index (κ1) is 21.6. The predicted octanol–water partition coefficient (Wildman–Crippen LogP) is 4.19. The molecule has 0 aliphatic rings. The maximum atomic E-state index is 12.4. The molecule has 2 N–H and O–H groups in total. The van der Waals surface area contributed by atoms with E-state index in [2.05, 4.69) is 17.6 Å². The van der Waals surface area contributed by atoms with Gasteiger partial charge < -0.3 is 24.8 Å². The van der Waals surface area contributed by atoms with Crippen LogP contribution in [0.5, 0.6) is 11.5 Å². The molecule has 0 radical (unpaired) electrons. The molecule has 0 aliphatic heterocycles. The first-order valence-electron chi connectivity index (χ1n) is 9.49. The van der Waals surface area contributed by atoms with Crippen molar-refractivity contribution in [3.05, 3.63) is 59.2 Å². The van der Waals surface area contributed by atoms with Gasteiger partial charge in [0.1, 0.15) is 11.5 Å². The zero-order valence-electron chi connectivity index (χ0n) is 17.1. The van der Waals surface area contributed by atoms with Crippen molar-refractivity contribution in [1.29, 1.82) is 0 Å². The number of rotatable bonds is 10. The fourth-order valence-corrected chi connectivity index (χ4v) is 2.88. The number of hydrogen-bond donors (Lipinski definition) is 2. The topological polar surface area (TPSA) is 68.8 Å². The standard InChI is InChI=1S/C22H30N2O4/c1-5-12-28-15-18-9-7-6-8-17(18)14-23-22(25)24-16(2)20-13-19(26-3)10-11-21(20)27-4/h6-11,13,16H,5,12,14-15H2,1-4H3,(H2,23,24,25). The zero-order chi connectivity index (χ0) is 20.4. The molecule has 2 aromatic carbocycles. The Kier molecular flexibility index (Phi) is 8.62. The fourth-order valence-electron chi connectivity index (χ4n) is 2.88. The van der Waals surface area contributed by atoms with Gasteiger partial charge in [0.2, 0.25) is 0 Å². The third kappa shape index (κ3) is 6.16. The molecule has 0 fully saturated rings. The number of methoxy groups -OCH3 is 2. The second kappa shape index (κ2) is 11.2. The number of carbonyl (C=O) groups excluding carboxylic acids is 1. The lowest BCUT2D eigenvalue weighted by Crippen LogP contribution is -2.36. The molecule has 2 amide bonds. The highest BCUT2D eigenvalue weighted by molar-refractivity contribution is 5.74. The van der Waals surface area contributed by atoms with E-state index in [1.807, 2.05) is 49.4 Å². The van der Waals surface area contributed by atoms with Crippen LogP contribution >= 0.6 is 0 Å². The van der Waals surface area contributed by atoms with Crippen molar-refractivity contribution in [2.45, 2.75) is 39.5 Å². The van der Waals surface area contributed by atoms with Gasteiger partial charge in [0.15, 0.2) is 0 Å². The summed E-state index contributed by atoms with van der Waals surface area (Å²) < 4.78 is 16.3. The summed E-state index contributed by atoms with van der Waals surface area (Å²) in [6.45, 7) is 5.69. The van der Waals surface area contributed by atoms with Crippen LogP contribution in [-0.4, -0.2) is 26.9 Å². The quantitative estimate of drug-likeness (QED) is 0.601. The lowest BCUT2D eigenvalue weighted by Gasteiger charge is -2.19. The molecule has 152 valence electrons. The molecule has 28 heavy (non-hydrogen) atoms. The van der Waals surface area contributed by atoms with Gasteiger partial charge >= 0.3 is 6.03 Å². The average molecular weight is 386 g/mol. The normalized spacial score (nSPS) is 11.6. The molecular weight excluding hydrogens is 356 g/mol. The largest absolute Gasteiger partial charge is 0.497 e. The summed E-state index contributed by atoms with van der Waals surface area (Å²) in [6.07, 6.45) is 0.981. The Morgan fingerprint density at radius 2 is 1.82 bits per heavy atom. The summed E-state index contributed by atoms with van der Waals surface area (Å²) in [4.78, 5) is 12.4. The van der Waals surface area contributed by atoms with Crippen LogP contribution in [0.1, 0.15) is 43.0 Å². The van der Waals surface area contributed by atoms with E-state index in [4.69, 9.17) is 14.2 Å². The highest BCUT2D eigenvalue weighted by atomic mass is 16.5. The second-order valence-electron chi connectivity index (χ2n) is 6.48. The van der Waals surface area contributed by atoms with Crippen LogP contribution in [0.2, 0.25) is 0 Å². The Morgan fingerprint density at radius 3 is 2.50 bits per heavy atom. The van der Waals surface area contributed by atoms with Gasteiger partial charge in [-0.1, -0.05) is 31.2 Å². The minimum absolute atomic E-state index is 0.242. The minimum Gasteiger partial charge on any atom is -0.497 e. The maximum Gasteiger partial charge on any atom is 0.315 e. The summed E-state index contributed by atoms with van der Waals surface area (Å²) in [6, 6.07) is 13.0. The molecule has 0 saturated carbocycles. The SMILES string of the molecule is CCCOCc1ccccc1CNC(=O)NC(C)c1cc(OC)ccc1OC. The number of amides is 2. The van der Waals surface area contributed by atoms with Gasteiger partial charge in [0.05, 0.1) is 26.9 Å². The van der Waals surface area contributed by atoms with Gasteiger partial charge in [-0.25, -0.2) is 4.79 Å². The van der Waals surface area contributed by atoms with Crippen LogP contribution in [0.4, 0.5) is 4.79 Å². The van der Waals surface area contributed by atoms with Gasteiger partial charge in [0, 0.05) is 18.7 Å². The third-order valence-electron chi connectivity index (χ3n) is 4.41. The highest BCUT2D eigenvalue weighted by Crippen LogP contribution is 2.29. The Hall–Kier alpha value is -2.73. The van der Waals surface area contributed by atoms with E-state index in [-0.39, 0.29) is 12.1 Å². The molecule has 0 aliphatic carbocycles. The number of benzene rings is 2. The first-order valence-corrected chi connectivity index (χ1v) is 9.49. The molecule has 6 heteroatoms. The minimum atomic E-state index is -0.248. The smallest absolute Gasteiger partial charge is 0.315 e. The fraction of sp³-hybridized carbons (Fsp3) is 0.409. The van der Waals surface area contributed by atoms with Crippen molar-refractivity contribution in [2.75, 3.05) is 20.8 Å². The maximum absolute atomic E-state index is 12.4. The molecule has 2 rings (SSSR count). The van der Waals surface area contributed by atoms with E-state index in [1.54, 1.807) is 14.2 Å². The van der Waals surface area contributed by atoms with Gasteiger partial charge in [-0.15, -0.1) is 0 Å². The number of carbonyl (C=O) groups is 1. The van der Waals surface area contributed by atoms with E-state index in [1.165, 1.54) is 0 Å². The van der Waals surface area contributed by atoms with Crippen LogP contribution in [0.15, 0.2) is 42.5 Å². The van der Waals surface area contributed by atoms with Gasteiger partial charge in [0.25, 0.3) is 0 Å². The molecule has 1 unspecified atom stereocenters. The van der Waals surface area contributed by atoms with E-state index >= 15 is 0 Å². The van der Waals surface area contributed by atoms with Crippen molar-refractivity contribution < 1.29 is 19.0 Å². The molecule has 0 aromatic heterocycles. The number of hydrogen-bond acceptors (Lipinski definition) is 4. The Balaban J connectivity index is 1.96. The highest BCUT2D eigenvalue weighted by Gasteiger charge is 2.15. The van der Waals surface area contributed by atoms with Crippen LogP contribution in [0.25, 0.3) is 0 Å². The Labute approximate surface area is 167 Å². The number of nitrogens with one attached hydrogen (secondary N) is 2. The summed E-state index contributed by atoms with van der Waals surface area (Å²) in [5.41, 5.74) is 2.98. The molecule has 0 saturated heterocycles. The third-order valence-corrected chi connectivity index (χ3v) is 4.41. The van der Waals surface area contributed by atoms with Crippen molar-refractivity contribution in [2.24, 2.45) is 0 Å². The van der Waals surface area contributed by atoms with Gasteiger partial charge in [-0.05, 0) is 42.7 Å². The van der Waals surface area contributed by atoms with Crippen LogP contribution in [0, 0.1) is 0 Å². The Bertz CT molecular complexity index is 764. The van der Waals surface area contributed by atoms with Crippen molar-refractivity contribution in [1.82, 2.24) is 10.6 Å².